The molecular formula is C9H6ClF3N2O3. The molecule has 0 saturated carbocycles. The Morgan fingerprint density at radius 2 is 1.83 bits per heavy atom. The highest BCUT2D eigenvalue weighted by Gasteiger charge is 2.39. The molecule has 98 valence electrons. The molecule has 0 spiro atoms. The van der Waals surface area contributed by atoms with Crippen molar-refractivity contribution in [1.82, 2.24) is 10.9 Å². The van der Waals surface area contributed by atoms with Gasteiger partial charge < -0.3 is 5.11 Å². The topological polar surface area (TPSA) is 78.4 Å². The van der Waals surface area contributed by atoms with Crippen molar-refractivity contribution in [3.05, 3.63) is 28.8 Å². The smallest absolute Gasteiger partial charge is 0.472 e. The van der Waals surface area contributed by atoms with Crippen LogP contribution in [0, 0.1) is 0 Å². The molecule has 0 aliphatic rings. The molecule has 0 aliphatic carbocycles. The van der Waals surface area contributed by atoms with E-state index in [2.05, 4.69) is 0 Å². The summed E-state index contributed by atoms with van der Waals surface area (Å²) in [5, 5.41) is 9.37. The molecule has 1 aromatic carbocycles. The van der Waals surface area contributed by atoms with Gasteiger partial charge in [-0.2, -0.15) is 13.2 Å². The lowest BCUT2D eigenvalue weighted by atomic mass is 10.2. The summed E-state index contributed by atoms with van der Waals surface area (Å²) in [6, 6.07) is 3.40. The Kier molecular flexibility index (Phi) is 4.02. The number of halogens is 4. The predicted molar refractivity (Wildman–Crippen MR) is 54.8 cm³/mol. The Balaban J connectivity index is 2.72. The number of rotatable bonds is 1. The number of carbonyl (C=O) groups is 2. The second kappa shape index (κ2) is 5.13. The quantitative estimate of drug-likeness (QED) is 0.681. The van der Waals surface area contributed by atoms with Crippen molar-refractivity contribution in [3.63, 3.8) is 0 Å². The first-order chi connectivity index (χ1) is 8.21. The summed E-state index contributed by atoms with van der Waals surface area (Å²) < 4.78 is 35.4. The maximum atomic E-state index is 11.8. The van der Waals surface area contributed by atoms with E-state index in [0.29, 0.717) is 0 Å². The van der Waals surface area contributed by atoms with Gasteiger partial charge in [0.25, 0.3) is 5.91 Å². The first kappa shape index (κ1) is 14.1. The van der Waals surface area contributed by atoms with E-state index < -0.39 is 23.7 Å². The standard InChI is InChI=1S/C9H6ClF3N2O3/c10-4-1-2-6(16)5(3-4)7(17)14-15-8(18)9(11,12)13/h1-3,16H,(H,14,17)(H,15,18). The van der Waals surface area contributed by atoms with Crippen molar-refractivity contribution in [3.8, 4) is 5.75 Å². The molecule has 0 bridgehead atoms. The molecule has 0 radical (unpaired) electrons. The number of aromatic hydroxyl groups is 1. The zero-order valence-electron chi connectivity index (χ0n) is 8.51. The van der Waals surface area contributed by atoms with Crippen LogP contribution in [0.5, 0.6) is 5.75 Å². The number of hydrogen-bond acceptors (Lipinski definition) is 3. The number of hydrazine groups is 1. The van der Waals surface area contributed by atoms with E-state index in [1.165, 1.54) is 11.5 Å². The van der Waals surface area contributed by atoms with Gasteiger partial charge >= 0.3 is 12.1 Å². The summed E-state index contributed by atoms with van der Waals surface area (Å²) in [5.41, 5.74) is 2.28. The van der Waals surface area contributed by atoms with Crippen molar-refractivity contribution in [2.24, 2.45) is 0 Å². The molecular weight excluding hydrogens is 277 g/mol. The van der Waals surface area contributed by atoms with Gasteiger partial charge in [0.05, 0.1) is 5.56 Å². The van der Waals surface area contributed by atoms with E-state index in [1.54, 1.807) is 0 Å². The minimum atomic E-state index is -5.12. The fourth-order valence-electron chi connectivity index (χ4n) is 0.942. The minimum absolute atomic E-state index is 0.0973. The Hall–Kier alpha value is -1.96. The number of benzene rings is 1. The van der Waals surface area contributed by atoms with Crippen LogP contribution in [0.4, 0.5) is 13.2 Å². The largest absolute Gasteiger partial charge is 0.507 e. The van der Waals surface area contributed by atoms with E-state index in [9.17, 15) is 27.9 Å². The van der Waals surface area contributed by atoms with E-state index in [-0.39, 0.29) is 10.6 Å². The van der Waals surface area contributed by atoms with Crippen LogP contribution < -0.4 is 10.9 Å². The van der Waals surface area contributed by atoms with Crippen molar-refractivity contribution < 1.29 is 27.9 Å². The van der Waals surface area contributed by atoms with Crippen molar-refractivity contribution in [2.75, 3.05) is 0 Å². The Morgan fingerprint density at radius 3 is 2.39 bits per heavy atom. The molecule has 0 atom stereocenters. The molecule has 2 amide bonds. The zero-order valence-corrected chi connectivity index (χ0v) is 9.26. The van der Waals surface area contributed by atoms with Gasteiger partial charge in [0, 0.05) is 5.02 Å². The van der Waals surface area contributed by atoms with Gasteiger partial charge in [-0.25, -0.2) is 0 Å². The third-order valence-corrected chi connectivity index (χ3v) is 1.99. The number of hydrogen-bond donors (Lipinski definition) is 3. The summed E-state index contributed by atoms with van der Waals surface area (Å²) in [5.74, 6) is -3.96. The molecule has 1 aromatic rings. The van der Waals surface area contributed by atoms with Crippen LogP contribution in [0.25, 0.3) is 0 Å². The number of phenols is 1. The summed E-state index contributed by atoms with van der Waals surface area (Å²) in [6.07, 6.45) is -5.12. The molecule has 18 heavy (non-hydrogen) atoms. The van der Waals surface area contributed by atoms with Crippen LogP contribution in [0.2, 0.25) is 5.02 Å². The van der Waals surface area contributed by atoms with Gasteiger partial charge in [-0.3, -0.25) is 20.4 Å². The van der Waals surface area contributed by atoms with E-state index in [1.807, 2.05) is 0 Å². The fourth-order valence-corrected chi connectivity index (χ4v) is 1.11. The van der Waals surface area contributed by atoms with Gasteiger partial charge in [0.2, 0.25) is 0 Å². The van der Waals surface area contributed by atoms with Gasteiger partial charge in [-0.05, 0) is 18.2 Å². The lowest BCUT2D eigenvalue weighted by Crippen LogP contribution is -2.47. The minimum Gasteiger partial charge on any atom is -0.507 e. The van der Waals surface area contributed by atoms with Crippen LogP contribution in [-0.4, -0.2) is 23.1 Å². The molecule has 1 rings (SSSR count). The predicted octanol–water partition coefficient (Wildman–Crippen LogP) is 1.37. The van der Waals surface area contributed by atoms with Crippen LogP contribution in [0.15, 0.2) is 18.2 Å². The maximum absolute atomic E-state index is 11.8. The third kappa shape index (κ3) is 3.52. The molecule has 0 aliphatic heterocycles. The van der Waals surface area contributed by atoms with Gasteiger partial charge in [-0.1, -0.05) is 11.6 Å². The van der Waals surface area contributed by atoms with Gasteiger partial charge in [0.15, 0.2) is 0 Å². The average molecular weight is 283 g/mol. The first-order valence-corrected chi connectivity index (χ1v) is 4.75. The van der Waals surface area contributed by atoms with Crippen molar-refractivity contribution in [1.29, 1.82) is 0 Å². The number of amides is 2. The Labute approximate surface area is 104 Å². The lowest BCUT2D eigenvalue weighted by molar-refractivity contribution is -0.174. The number of phenolic OH excluding ortho intramolecular Hbond substituents is 1. The van der Waals surface area contributed by atoms with Crippen LogP contribution >= 0.6 is 11.6 Å². The second-order valence-electron chi connectivity index (χ2n) is 3.07. The third-order valence-electron chi connectivity index (χ3n) is 1.75. The molecule has 0 aromatic heterocycles. The zero-order chi connectivity index (χ0) is 13.9. The molecule has 0 unspecified atom stereocenters. The lowest BCUT2D eigenvalue weighted by Gasteiger charge is -2.10. The first-order valence-electron chi connectivity index (χ1n) is 4.38. The monoisotopic (exact) mass is 282 g/mol. The van der Waals surface area contributed by atoms with Gasteiger partial charge in [-0.15, -0.1) is 0 Å². The number of nitrogens with one attached hydrogen (secondary N) is 2. The molecule has 9 heteroatoms. The molecule has 5 nitrogen and oxygen atoms in total. The normalized spacial score (nSPS) is 10.9. The second-order valence-corrected chi connectivity index (χ2v) is 3.50. The molecule has 0 saturated heterocycles. The van der Waals surface area contributed by atoms with E-state index in [0.717, 1.165) is 17.6 Å². The Morgan fingerprint density at radius 1 is 1.22 bits per heavy atom. The highest BCUT2D eigenvalue weighted by Crippen LogP contribution is 2.21. The highest BCUT2D eigenvalue weighted by atomic mass is 35.5. The maximum Gasteiger partial charge on any atom is 0.472 e. The SMILES string of the molecule is O=C(NNC(=O)C(F)(F)F)c1cc(Cl)ccc1O. The number of alkyl halides is 3. The average Bonchev–Trinajstić information content (AvgIpc) is 2.27. The molecule has 0 heterocycles. The van der Waals surface area contributed by atoms with E-state index in [4.69, 9.17) is 11.6 Å². The summed E-state index contributed by atoms with van der Waals surface area (Å²) in [6.45, 7) is 0. The van der Waals surface area contributed by atoms with Crippen molar-refractivity contribution >= 4 is 23.4 Å². The summed E-state index contributed by atoms with van der Waals surface area (Å²) >= 11 is 5.54. The molecule has 3 N–H and O–H groups in total. The van der Waals surface area contributed by atoms with Gasteiger partial charge in [0.1, 0.15) is 5.75 Å². The number of carbonyl (C=O) groups excluding carboxylic acids is 2. The molecule has 0 fully saturated rings. The highest BCUT2D eigenvalue weighted by molar-refractivity contribution is 6.31. The van der Waals surface area contributed by atoms with E-state index >= 15 is 0 Å². The Bertz CT molecular complexity index is 490. The summed E-state index contributed by atoms with van der Waals surface area (Å²) in [7, 11) is 0. The van der Waals surface area contributed by atoms with Crippen molar-refractivity contribution in [2.45, 2.75) is 6.18 Å². The summed E-state index contributed by atoms with van der Waals surface area (Å²) in [4.78, 5) is 21.8. The van der Waals surface area contributed by atoms with Crippen LogP contribution in [0.3, 0.4) is 0 Å². The van der Waals surface area contributed by atoms with Crippen LogP contribution in [0.1, 0.15) is 10.4 Å². The fraction of sp³-hybridized carbons (Fsp3) is 0.111. The van der Waals surface area contributed by atoms with Crippen LogP contribution in [-0.2, 0) is 4.79 Å².